The predicted octanol–water partition coefficient (Wildman–Crippen LogP) is 4.35. The van der Waals surface area contributed by atoms with Gasteiger partial charge in [0, 0.05) is 17.0 Å². The summed E-state index contributed by atoms with van der Waals surface area (Å²) in [6.07, 6.45) is 2.34. The Kier molecular flexibility index (Phi) is 2.88. The van der Waals surface area contributed by atoms with Gasteiger partial charge >= 0.3 is 0 Å². The lowest BCUT2D eigenvalue weighted by molar-refractivity contribution is -0.0391. The monoisotopic (exact) mass is 280 g/mol. The summed E-state index contributed by atoms with van der Waals surface area (Å²) in [6, 6.07) is 5.54. The van der Waals surface area contributed by atoms with Crippen LogP contribution in [0.2, 0.25) is 5.02 Å². The molecule has 3 rings (SSSR count). The van der Waals surface area contributed by atoms with Crippen LogP contribution in [0.5, 0.6) is 5.75 Å². The summed E-state index contributed by atoms with van der Waals surface area (Å²) in [4.78, 5) is 0. The maximum atomic E-state index is 10.5. The topological polar surface area (TPSA) is 29.5 Å². The van der Waals surface area contributed by atoms with Gasteiger partial charge < -0.3 is 9.84 Å². The quantitative estimate of drug-likeness (QED) is 0.765. The highest BCUT2D eigenvalue weighted by Gasteiger charge is 2.53. The van der Waals surface area contributed by atoms with E-state index in [-0.39, 0.29) is 11.0 Å². The molecule has 104 valence electrons. The van der Waals surface area contributed by atoms with Crippen molar-refractivity contribution in [2.24, 2.45) is 11.3 Å². The number of hydrogen-bond acceptors (Lipinski definition) is 2. The van der Waals surface area contributed by atoms with Crippen LogP contribution in [0.25, 0.3) is 0 Å². The van der Waals surface area contributed by atoms with Gasteiger partial charge in [-0.15, -0.1) is 0 Å². The number of ether oxygens (including phenoxy) is 1. The van der Waals surface area contributed by atoms with E-state index in [1.165, 1.54) is 0 Å². The molecule has 1 N–H and O–H groups in total. The summed E-state index contributed by atoms with van der Waals surface area (Å²) >= 11 is 6.00. The summed E-state index contributed by atoms with van der Waals surface area (Å²) in [5.41, 5.74) is 0.891. The molecule has 1 aromatic carbocycles. The van der Waals surface area contributed by atoms with Crippen LogP contribution >= 0.6 is 11.6 Å². The minimum atomic E-state index is -0.473. The molecule has 0 saturated heterocycles. The van der Waals surface area contributed by atoms with Gasteiger partial charge in [0.05, 0.1) is 6.10 Å². The fraction of sp³-hybridized carbons (Fsp3) is 0.625. The van der Waals surface area contributed by atoms with Gasteiger partial charge in [-0.1, -0.05) is 32.4 Å². The van der Waals surface area contributed by atoms with E-state index in [9.17, 15) is 5.11 Å². The van der Waals surface area contributed by atoms with Gasteiger partial charge in [-0.05, 0) is 42.4 Å². The van der Waals surface area contributed by atoms with Crippen molar-refractivity contribution in [2.45, 2.75) is 51.7 Å². The molecule has 2 nitrogen and oxygen atoms in total. The average Bonchev–Trinajstić information content (AvgIpc) is 2.49. The molecule has 0 aromatic heterocycles. The minimum Gasteiger partial charge on any atom is -0.486 e. The third-order valence-electron chi connectivity index (χ3n) is 4.72. The van der Waals surface area contributed by atoms with Crippen molar-refractivity contribution in [3.8, 4) is 5.75 Å². The standard InChI is InChI=1S/C16H21ClO2/c1-10-7-15(2,3)9-16(10)8-13(18)12-6-11(17)4-5-14(12)19-16/h4-6,10,13,18H,7-9H2,1-3H3. The zero-order valence-corrected chi connectivity index (χ0v) is 12.5. The lowest BCUT2D eigenvalue weighted by Gasteiger charge is -2.41. The Balaban J connectivity index is 1.99. The first-order chi connectivity index (χ1) is 8.81. The Morgan fingerprint density at radius 1 is 1.32 bits per heavy atom. The molecule has 0 amide bonds. The molecule has 1 aliphatic carbocycles. The van der Waals surface area contributed by atoms with Crippen LogP contribution in [-0.2, 0) is 0 Å². The van der Waals surface area contributed by atoms with Crippen molar-refractivity contribution in [3.63, 3.8) is 0 Å². The fourth-order valence-corrected chi connectivity index (χ4v) is 4.23. The summed E-state index contributed by atoms with van der Waals surface area (Å²) in [5, 5.41) is 11.1. The second-order valence-electron chi connectivity index (χ2n) is 7.02. The maximum absolute atomic E-state index is 10.5. The van der Waals surface area contributed by atoms with Gasteiger partial charge in [0.2, 0.25) is 0 Å². The number of benzene rings is 1. The zero-order valence-electron chi connectivity index (χ0n) is 11.7. The molecule has 1 spiro atoms. The highest BCUT2D eigenvalue weighted by molar-refractivity contribution is 6.30. The summed E-state index contributed by atoms with van der Waals surface area (Å²) in [7, 11) is 0. The number of hydrogen-bond donors (Lipinski definition) is 1. The number of aliphatic hydroxyl groups excluding tert-OH is 1. The Morgan fingerprint density at radius 3 is 2.68 bits per heavy atom. The van der Waals surface area contributed by atoms with E-state index in [4.69, 9.17) is 16.3 Å². The molecule has 1 heterocycles. The van der Waals surface area contributed by atoms with Gasteiger partial charge in [0.15, 0.2) is 0 Å². The lowest BCUT2D eigenvalue weighted by atomic mass is 9.81. The highest BCUT2D eigenvalue weighted by Crippen LogP contribution is 2.55. The molecule has 19 heavy (non-hydrogen) atoms. The third-order valence-corrected chi connectivity index (χ3v) is 4.95. The molecule has 1 aromatic rings. The minimum absolute atomic E-state index is 0.219. The Bertz CT molecular complexity index is 511. The Labute approximate surface area is 119 Å². The number of rotatable bonds is 0. The van der Waals surface area contributed by atoms with Crippen LogP contribution in [0, 0.1) is 11.3 Å². The molecule has 2 aliphatic rings. The molecule has 1 saturated carbocycles. The molecule has 1 fully saturated rings. The lowest BCUT2D eigenvalue weighted by Crippen LogP contribution is -2.43. The van der Waals surface area contributed by atoms with E-state index in [0.29, 0.717) is 17.4 Å². The highest BCUT2D eigenvalue weighted by atomic mass is 35.5. The van der Waals surface area contributed by atoms with Crippen LogP contribution in [0.15, 0.2) is 18.2 Å². The molecular weight excluding hydrogens is 260 g/mol. The average molecular weight is 281 g/mol. The van der Waals surface area contributed by atoms with Crippen molar-refractivity contribution >= 4 is 11.6 Å². The van der Waals surface area contributed by atoms with Gasteiger partial charge in [0.1, 0.15) is 11.4 Å². The zero-order chi connectivity index (χ0) is 13.8. The van der Waals surface area contributed by atoms with E-state index >= 15 is 0 Å². The van der Waals surface area contributed by atoms with Gasteiger partial charge in [-0.3, -0.25) is 0 Å². The summed E-state index contributed by atoms with van der Waals surface area (Å²) < 4.78 is 6.34. The van der Waals surface area contributed by atoms with E-state index in [2.05, 4.69) is 20.8 Å². The van der Waals surface area contributed by atoms with Gasteiger partial charge in [-0.2, -0.15) is 0 Å². The Hall–Kier alpha value is -0.730. The molecule has 3 heteroatoms. The van der Waals surface area contributed by atoms with Gasteiger partial charge in [-0.25, -0.2) is 0 Å². The van der Waals surface area contributed by atoms with E-state index < -0.39 is 6.10 Å². The van der Waals surface area contributed by atoms with Crippen LogP contribution in [-0.4, -0.2) is 10.7 Å². The van der Waals surface area contributed by atoms with Crippen molar-refractivity contribution < 1.29 is 9.84 Å². The Morgan fingerprint density at radius 2 is 2.05 bits per heavy atom. The summed E-state index contributed by atoms with van der Waals surface area (Å²) in [6.45, 7) is 6.80. The van der Waals surface area contributed by atoms with Crippen molar-refractivity contribution in [1.29, 1.82) is 0 Å². The number of halogens is 1. The number of fused-ring (bicyclic) bond motifs is 1. The first kappa shape index (κ1) is 13.3. The molecule has 3 unspecified atom stereocenters. The fourth-order valence-electron chi connectivity index (χ4n) is 4.05. The van der Waals surface area contributed by atoms with E-state index in [0.717, 1.165) is 24.2 Å². The first-order valence-corrected chi connectivity index (χ1v) is 7.36. The number of aliphatic hydroxyl groups is 1. The van der Waals surface area contributed by atoms with Gasteiger partial charge in [0.25, 0.3) is 0 Å². The van der Waals surface area contributed by atoms with Crippen LogP contribution in [0.4, 0.5) is 0 Å². The second kappa shape index (κ2) is 4.13. The predicted molar refractivity (Wildman–Crippen MR) is 76.6 cm³/mol. The van der Waals surface area contributed by atoms with Crippen LogP contribution in [0.3, 0.4) is 0 Å². The van der Waals surface area contributed by atoms with E-state index in [1.54, 1.807) is 0 Å². The molecule has 0 radical (unpaired) electrons. The molecule has 0 bridgehead atoms. The third kappa shape index (κ3) is 2.15. The smallest absolute Gasteiger partial charge is 0.126 e. The summed E-state index contributed by atoms with van der Waals surface area (Å²) in [5.74, 6) is 1.26. The molecular formula is C16H21ClO2. The van der Waals surface area contributed by atoms with Crippen LogP contribution < -0.4 is 4.74 Å². The molecule has 1 aliphatic heterocycles. The second-order valence-corrected chi connectivity index (χ2v) is 7.45. The van der Waals surface area contributed by atoms with Crippen molar-refractivity contribution in [3.05, 3.63) is 28.8 Å². The van der Waals surface area contributed by atoms with Crippen molar-refractivity contribution in [1.82, 2.24) is 0 Å². The van der Waals surface area contributed by atoms with Crippen molar-refractivity contribution in [2.75, 3.05) is 0 Å². The largest absolute Gasteiger partial charge is 0.486 e. The maximum Gasteiger partial charge on any atom is 0.126 e. The molecule has 3 atom stereocenters. The normalized spacial score (nSPS) is 36.1. The SMILES string of the molecule is CC1CC(C)(C)CC12CC(O)c1cc(Cl)ccc1O2. The van der Waals surface area contributed by atoms with E-state index in [1.807, 2.05) is 18.2 Å². The van der Waals surface area contributed by atoms with Crippen LogP contribution in [0.1, 0.15) is 51.7 Å². The first-order valence-electron chi connectivity index (χ1n) is 6.98.